The minimum Gasteiger partial charge on any atom is -0.493 e. The van der Waals surface area contributed by atoms with Gasteiger partial charge in [0.05, 0.1) is 19.1 Å². The molecule has 1 aliphatic rings. The molecule has 0 N–H and O–H groups in total. The van der Waals surface area contributed by atoms with Crippen molar-refractivity contribution in [3.05, 3.63) is 60.6 Å². The number of ether oxygens (including phenoxy) is 2. The number of methoxy groups -OCH3 is 2. The lowest BCUT2D eigenvalue weighted by molar-refractivity contribution is 0.355. The van der Waals surface area contributed by atoms with Gasteiger partial charge in [-0.1, -0.05) is 31.5 Å². The minimum absolute atomic E-state index is 0.333. The van der Waals surface area contributed by atoms with Gasteiger partial charge in [0.1, 0.15) is 12.1 Å². The molecule has 0 atom stereocenters. The maximum absolute atomic E-state index is 13.5. The van der Waals surface area contributed by atoms with Gasteiger partial charge in [-0.15, -0.1) is 0 Å². The molecule has 0 saturated carbocycles. The van der Waals surface area contributed by atoms with Crippen LogP contribution in [0.5, 0.6) is 11.5 Å². The Morgan fingerprint density at radius 3 is 2.45 bits per heavy atom. The van der Waals surface area contributed by atoms with Gasteiger partial charge >= 0.3 is 0 Å². The zero-order chi connectivity index (χ0) is 26.7. The number of aryl methyl sites for hydroxylation is 1. The van der Waals surface area contributed by atoms with E-state index in [0.29, 0.717) is 54.8 Å². The Labute approximate surface area is 222 Å². The second-order valence-electron chi connectivity index (χ2n) is 9.18. The number of hydrogen-bond acceptors (Lipinski definition) is 8. The smallest absolute Gasteiger partial charge is 0.254 e. The molecule has 1 saturated heterocycles. The van der Waals surface area contributed by atoms with Crippen molar-refractivity contribution in [1.82, 2.24) is 23.9 Å². The van der Waals surface area contributed by atoms with E-state index in [1.54, 1.807) is 41.4 Å². The first-order chi connectivity index (χ1) is 18.5. The summed E-state index contributed by atoms with van der Waals surface area (Å²) in [4.78, 5) is 11.3. The minimum atomic E-state index is -3.60. The average Bonchev–Trinajstić information content (AvgIpc) is 3.28. The molecule has 0 unspecified atom stereocenters. The van der Waals surface area contributed by atoms with E-state index >= 15 is 0 Å². The van der Waals surface area contributed by atoms with Gasteiger partial charge in [-0.2, -0.15) is 18.9 Å². The topological polar surface area (TPSA) is 102 Å². The highest BCUT2D eigenvalue weighted by Crippen LogP contribution is 2.37. The highest BCUT2D eigenvalue weighted by Gasteiger charge is 2.29. The fraction of sp³-hybridized carbons (Fsp3) is 0.370. The Hall–Kier alpha value is -3.70. The number of rotatable bonds is 8. The predicted molar refractivity (Wildman–Crippen MR) is 145 cm³/mol. The first-order valence-corrected chi connectivity index (χ1v) is 14.2. The summed E-state index contributed by atoms with van der Waals surface area (Å²) in [5, 5.41) is 4.44. The fourth-order valence-electron chi connectivity index (χ4n) is 4.89. The maximum atomic E-state index is 13.5. The largest absolute Gasteiger partial charge is 0.493 e. The second-order valence-corrected chi connectivity index (χ2v) is 11.1. The van der Waals surface area contributed by atoms with Gasteiger partial charge in [-0.3, -0.25) is 0 Å². The van der Waals surface area contributed by atoms with Crippen LogP contribution in [0.1, 0.15) is 25.3 Å². The lowest BCUT2D eigenvalue weighted by Crippen LogP contribution is -2.35. The summed E-state index contributed by atoms with van der Waals surface area (Å²) in [5.41, 5.74) is 2.86. The first-order valence-electron chi connectivity index (χ1n) is 12.7. The van der Waals surface area contributed by atoms with Crippen molar-refractivity contribution >= 4 is 21.6 Å². The van der Waals surface area contributed by atoms with Crippen LogP contribution in [0.3, 0.4) is 0 Å². The summed E-state index contributed by atoms with van der Waals surface area (Å²) in [6.45, 7) is 4.04. The Bertz CT molecular complexity index is 1520. The van der Waals surface area contributed by atoms with E-state index in [-0.39, 0.29) is 0 Å². The van der Waals surface area contributed by atoms with Crippen molar-refractivity contribution < 1.29 is 17.9 Å². The fourth-order valence-corrected chi connectivity index (χ4v) is 6.36. The molecule has 5 rings (SSSR count). The van der Waals surface area contributed by atoms with Crippen LogP contribution >= 0.6 is 0 Å². The SMILES string of the molecule is CCCc1ccc(S(=O)(=O)N2CCCN(c3c(-c4ccc(OC)c(OC)c4)cnc4ncnn34)CC2)cc1. The van der Waals surface area contributed by atoms with Crippen LogP contribution in [0.2, 0.25) is 0 Å². The monoisotopic (exact) mass is 536 g/mol. The van der Waals surface area contributed by atoms with Crippen LogP contribution < -0.4 is 14.4 Å². The van der Waals surface area contributed by atoms with Crippen LogP contribution in [-0.2, 0) is 16.4 Å². The van der Waals surface area contributed by atoms with Gasteiger partial charge in [0.25, 0.3) is 5.78 Å². The van der Waals surface area contributed by atoms with Crippen LogP contribution in [0, 0.1) is 0 Å². The second kappa shape index (κ2) is 11.0. The van der Waals surface area contributed by atoms with E-state index in [1.165, 1.54) is 6.33 Å². The Kier molecular flexibility index (Phi) is 7.48. The Morgan fingerprint density at radius 1 is 0.921 bits per heavy atom. The van der Waals surface area contributed by atoms with Crippen molar-refractivity contribution in [3.8, 4) is 22.6 Å². The summed E-state index contributed by atoms with van der Waals surface area (Å²) in [7, 11) is -0.405. The number of hydrogen-bond donors (Lipinski definition) is 0. The quantitative estimate of drug-likeness (QED) is 0.336. The van der Waals surface area contributed by atoms with Gasteiger partial charge in [-0.25, -0.2) is 13.4 Å². The van der Waals surface area contributed by atoms with Gasteiger partial charge in [0, 0.05) is 37.9 Å². The first kappa shape index (κ1) is 25.9. The zero-order valence-corrected chi connectivity index (χ0v) is 22.7. The lowest BCUT2D eigenvalue weighted by Gasteiger charge is -2.26. The summed E-state index contributed by atoms with van der Waals surface area (Å²) < 4.78 is 41.2. The Morgan fingerprint density at radius 2 is 1.71 bits per heavy atom. The number of nitrogens with zero attached hydrogens (tertiary/aromatic N) is 6. The van der Waals surface area contributed by atoms with Crippen LogP contribution in [0.4, 0.5) is 5.82 Å². The number of sulfonamides is 1. The maximum Gasteiger partial charge on any atom is 0.254 e. The molecule has 11 heteroatoms. The number of anilines is 1. The van der Waals surface area contributed by atoms with Crippen molar-refractivity contribution in [1.29, 1.82) is 0 Å². The molecule has 0 bridgehead atoms. The van der Waals surface area contributed by atoms with Gasteiger partial charge in [0.2, 0.25) is 10.0 Å². The molecule has 200 valence electrons. The van der Waals surface area contributed by atoms with Gasteiger partial charge in [-0.05, 0) is 48.2 Å². The summed E-state index contributed by atoms with van der Waals surface area (Å²) >= 11 is 0. The van der Waals surface area contributed by atoms with Crippen LogP contribution in [-0.4, -0.2) is 72.7 Å². The number of fused-ring (bicyclic) bond motifs is 1. The summed E-state index contributed by atoms with van der Waals surface area (Å²) in [5.74, 6) is 2.52. The molecular formula is C27H32N6O4S. The van der Waals surface area contributed by atoms with Crippen LogP contribution in [0.15, 0.2) is 59.9 Å². The van der Waals surface area contributed by atoms with E-state index in [1.807, 2.05) is 30.3 Å². The molecule has 1 aliphatic heterocycles. The van der Waals surface area contributed by atoms with Gasteiger partial charge < -0.3 is 14.4 Å². The lowest BCUT2D eigenvalue weighted by atomic mass is 10.1. The van der Waals surface area contributed by atoms with Crippen molar-refractivity contribution in [2.24, 2.45) is 0 Å². The molecule has 4 aromatic rings. The van der Waals surface area contributed by atoms with Crippen molar-refractivity contribution in [2.45, 2.75) is 31.1 Å². The molecule has 0 spiro atoms. The molecule has 10 nitrogen and oxygen atoms in total. The summed E-state index contributed by atoms with van der Waals surface area (Å²) in [6.07, 6.45) is 5.87. The molecular weight excluding hydrogens is 504 g/mol. The Balaban J connectivity index is 1.46. The van der Waals surface area contributed by atoms with Crippen molar-refractivity contribution in [2.75, 3.05) is 45.3 Å². The molecule has 38 heavy (non-hydrogen) atoms. The zero-order valence-electron chi connectivity index (χ0n) is 21.9. The number of benzene rings is 2. The molecule has 0 radical (unpaired) electrons. The molecule has 2 aromatic carbocycles. The standard InChI is InChI=1S/C27H32N6O4S/c1-4-6-20-7-10-22(11-8-20)38(34,35)32-14-5-13-31(15-16-32)26-23(18-28-27-29-19-30-33(26)27)21-9-12-24(36-2)25(17-21)37-3/h7-12,17-19H,4-6,13-16H2,1-3H3. The van der Waals surface area contributed by atoms with Crippen molar-refractivity contribution in [3.63, 3.8) is 0 Å². The molecule has 3 heterocycles. The number of aromatic nitrogens is 4. The molecule has 1 fully saturated rings. The molecule has 2 aromatic heterocycles. The van der Waals surface area contributed by atoms with E-state index in [9.17, 15) is 8.42 Å². The normalized spacial score (nSPS) is 15.0. The highest BCUT2D eigenvalue weighted by atomic mass is 32.2. The van der Waals surface area contributed by atoms with Crippen LogP contribution in [0.25, 0.3) is 16.9 Å². The molecule has 0 aliphatic carbocycles. The van der Waals surface area contributed by atoms with Gasteiger partial charge in [0.15, 0.2) is 11.5 Å². The average molecular weight is 537 g/mol. The van der Waals surface area contributed by atoms with E-state index in [2.05, 4.69) is 26.9 Å². The van der Waals surface area contributed by atoms with E-state index < -0.39 is 10.0 Å². The van der Waals surface area contributed by atoms with E-state index in [0.717, 1.165) is 35.3 Å². The third-order valence-corrected chi connectivity index (χ3v) is 8.74. The molecule has 0 amide bonds. The third kappa shape index (κ3) is 4.91. The highest BCUT2D eigenvalue weighted by molar-refractivity contribution is 7.89. The van der Waals surface area contributed by atoms with E-state index in [4.69, 9.17) is 9.47 Å². The predicted octanol–water partition coefficient (Wildman–Crippen LogP) is 3.66. The third-order valence-electron chi connectivity index (χ3n) is 6.83. The summed E-state index contributed by atoms with van der Waals surface area (Å²) in [6, 6.07) is 13.0.